The molecule has 0 radical (unpaired) electrons. The number of nitriles is 1. The number of benzene rings is 1. The Hall–Kier alpha value is -3.79. The Morgan fingerprint density at radius 2 is 1.86 bits per heavy atom. The van der Waals surface area contributed by atoms with Crippen LogP contribution in [0.15, 0.2) is 48.7 Å². The highest BCUT2D eigenvalue weighted by Gasteiger charge is 2.33. The van der Waals surface area contributed by atoms with Crippen LogP contribution in [0.3, 0.4) is 0 Å². The van der Waals surface area contributed by atoms with E-state index in [2.05, 4.69) is 49.7 Å². The van der Waals surface area contributed by atoms with Crippen molar-refractivity contribution in [3.8, 4) is 17.5 Å². The highest BCUT2D eigenvalue weighted by atomic mass is 15.3. The summed E-state index contributed by atoms with van der Waals surface area (Å²) in [4.78, 5) is 20.6. The van der Waals surface area contributed by atoms with E-state index in [4.69, 9.17) is 10.2 Å². The van der Waals surface area contributed by atoms with E-state index in [1.165, 1.54) is 0 Å². The lowest BCUT2D eigenvalue weighted by Gasteiger charge is -2.39. The molecule has 4 heterocycles. The minimum atomic E-state index is 0.374. The smallest absolute Gasteiger partial charge is 0.132 e. The summed E-state index contributed by atoms with van der Waals surface area (Å²) < 4.78 is 2.19. The van der Waals surface area contributed by atoms with Gasteiger partial charge in [-0.15, -0.1) is 0 Å². The summed E-state index contributed by atoms with van der Waals surface area (Å²) in [5.74, 6) is 3.09. The maximum absolute atomic E-state index is 8.96. The molecule has 1 aliphatic rings. The van der Waals surface area contributed by atoms with E-state index in [0.29, 0.717) is 17.3 Å². The third-order valence-electron chi connectivity index (χ3n) is 5.37. The van der Waals surface area contributed by atoms with Gasteiger partial charge in [-0.25, -0.2) is 15.0 Å². The number of hydrogen-bond acceptors (Lipinski definition) is 6. The number of fused-ring (bicyclic) bond motifs is 1. The molecule has 1 saturated heterocycles. The van der Waals surface area contributed by atoms with E-state index in [0.717, 1.165) is 47.2 Å². The summed E-state index contributed by atoms with van der Waals surface area (Å²) >= 11 is 0. The Kier molecular flexibility index (Phi) is 3.98. The van der Waals surface area contributed by atoms with Crippen molar-refractivity contribution >= 4 is 16.9 Å². The Morgan fingerprint density at radius 1 is 1.03 bits per heavy atom. The van der Waals surface area contributed by atoms with Crippen molar-refractivity contribution in [1.29, 1.82) is 5.26 Å². The summed E-state index contributed by atoms with van der Waals surface area (Å²) in [6.45, 7) is 3.63. The largest absolute Gasteiger partial charge is 0.355 e. The SMILES string of the molecule is Cc1nc(-c2ccc(C#N)cn2)cc(N2CC(c3nc4ccccc4n3C)C2)n1. The summed E-state index contributed by atoms with van der Waals surface area (Å²) in [6, 6.07) is 15.9. The van der Waals surface area contributed by atoms with Crippen molar-refractivity contribution in [3.05, 3.63) is 65.9 Å². The fourth-order valence-corrected chi connectivity index (χ4v) is 3.81. The number of imidazole rings is 1. The van der Waals surface area contributed by atoms with Crippen molar-refractivity contribution < 1.29 is 0 Å². The van der Waals surface area contributed by atoms with Gasteiger partial charge in [-0.1, -0.05) is 12.1 Å². The second-order valence-electron chi connectivity index (χ2n) is 7.32. The Labute approximate surface area is 168 Å². The lowest BCUT2D eigenvalue weighted by molar-refractivity contribution is 0.485. The predicted octanol–water partition coefficient (Wildman–Crippen LogP) is 3.21. The average molecular weight is 381 g/mol. The fraction of sp³-hybridized carbons (Fsp3) is 0.227. The van der Waals surface area contributed by atoms with Crippen molar-refractivity contribution in [2.45, 2.75) is 12.8 Å². The summed E-state index contributed by atoms with van der Waals surface area (Å²) in [6.07, 6.45) is 1.57. The number of para-hydroxylation sites is 2. The van der Waals surface area contributed by atoms with Gasteiger partial charge in [0.1, 0.15) is 23.5 Å². The van der Waals surface area contributed by atoms with Crippen LogP contribution in [0.1, 0.15) is 23.1 Å². The van der Waals surface area contributed by atoms with Gasteiger partial charge in [0, 0.05) is 32.4 Å². The Balaban J connectivity index is 1.39. The molecule has 5 rings (SSSR count). The molecule has 0 N–H and O–H groups in total. The van der Waals surface area contributed by atoms with E-state index < -0.39 is 0 Å². The van der Waals surface area contributed by atoms with E-state index in [1.807, 2.05) is 31.2 Å². The first kappa shape index (κ1) is 17.3. The molecular formula is C22H19N7. The van der Waals surface area contributed by atoms with Gasteiger partial charge in [-0.05, 0) is 31.2 Å². The zero-order valence-electron chi connectivity index (χ0n) is 16.2. The fourth-order valence-electron chi connectivity index (χ4n) is 3.81. The minimum Gasteiger partial charge on any atom is -0.355 e. The normalized spacial score (nSPS) is 14.0. The zero-order valence-corrected chi connectivity index (χ0v) is 16.2. The van der Waals surface area contributed by atoms with E-state index in [-0.39, 0.29) is 0 Å². The third kappa shape index (κ3) is 2.99. The Bertz CT molecular complexity index is 1240. The van der Waals surface area contributed by atoms with Crippen molar-refractivity contribution in [2.75, 3.05) is 18.0 Å². The molecule has 0 spiro atoms. The maximum Gasteiger partial charge on any atom is 0.132 e. The van der Waals surface area contributed by atoms with Gasteiger partial charge >= 0.3 is 0 Å². The van der Waals surface area contributed by atoms with Crippen LogP contribution < -0.4 is 4.90 Å². The van der Waals surface area contributed by atoms with Crippen LogP contribution in [0.2, 0.25) is 0 Å². The van der Waals surface area contributed by atoms with Crippen LogP contribution in [0.25, 0.3) is 22.4 Å². The van der Waals surface area contributed by atoms with Crippen LogP contribution in [0.4, 0.5) is 5.82 Å². The van der Waals surface area contributed by atoms with Crippen molar-refractivity contribution in [1.82, 2.24) is 24.5 Å². The summed E-state index contributed by atoms with van der Waals surface area (Å²) in [5.41, 5.74) is 4.24. The molecule has 4 aromatic rings. The number of anilines is 1. The number of pyridine rings is 1. The molecule has 142 valence electrons. The monoisotopic (exact) mass is 381 g/mol. The second kappa shape index (κ2) is 6.67. The first-order valence-corrected chi connectivity index (χ1v) is 9.51. The van der Waals surface area contributed by atoms with E-state index >= 15 is 0 Å². The highest BCUT2D eigenvalue weighted by molar-refractivity contribution is 5.76. The second-order valence-corrected chi connectivity index (χ2v) is 7.32. The van der Waals surface area contributed by atoms with Gasteiger partial charge in [0.25, 0.3) is 0 Å². The third-order valence-corrected chi connectivity index (χ3v) is 5.37. The number of hydrogen-bond donors (Lipinski definition) is 0. The van der Waals surface area contributed by atoms with Crippen molar-refractivity contribution in [2.24, 2.45) is 7.05 Å². The molecule has 0 bridgehead atoms. The molecule has 0 amide bonds. The molecule has 1 aliphatic heterocycles. The topological polar surface area (TPSA) is 83.5 Å². The average Bonchev–Trinajstić information content (AvgIpc) is 3.03. The van der Waals surface area contributed by atoms with Crippen LogP contribution >= 0.6 is 0 Å². The van der Waals surface area contributed by atoms with Gasteiger partial charge in [0.15, 0.2) is 0 Å². The highest BCUT2D eigenvalue weighted by Crippen LogP contribution is 2.32. The number of aromatic nitrogens is 5. The standard InChI is InChI=1S/C22H19N7/c1-14-25-19(17-8-7-15(10-23)11-24-17)9-21(26-14)29-12-16(13-29)22-27-18-5-3-4-6-20(18)28(22)2/h3-9,11,16H,12-13H2,1-2H3. The van der Waals surface area contributed by atoms with Gasteiger partial charge in [-0.2, -0.15) is 5.26 Å². The molecule has 0 atom stereocenters. The van der Waals surface area contributed by atoms with Gasteiger partial charge in [0.2, 0.25) is 0 Å². The van der Waals surface area contributed by atoms with E-state index in [1.54, 1.807) is 12.3 Å². The van der Waals surface area contributed by atoms with Crippen molar-refractivity contribution in [3.63, 3.8) is 0 Å². The maximum atomic E-state index is 8.96. The molecule has 7 heteroatoms. The van der Waals surface area contributed by atoms with E-state index in [9.17, 15) is 0 Å². The number of nitrogens with zero attached hydrogens (tertiary/aromatic N) is 7. The van der Waals surface area contributed by atoms with Gasteiger partial charge in [0.05, 0.1) is 33.9 Å². The minimum absolute atomic E-state index is 0.374. The molecule has 0 unspecified atom stereocenters. The summed E-state index contributed by atoms with van der Waals surface area (Å²) in [7, 11) is 2.08. The number of aryl methyl sites for hydroxylation is 2. The number of rotatable bonds is 3. The molecule has 7 nitrogen and oxygen atoms in total. The van der Waals surface area contributed by atoms with Gasteiger partial charge in [-0.3, -0.25) is 4.98 Å². The summed E-state index contributed by atoms with van der Waals surface area (Å²) in [5, 5.41) is 8.96. The Morgan fingerprint density at radius 3 is 2.59 bits per heavy atom. The molecular weight excluding hydrogens is 362 g/mol. The molecule has 0 saturated carbocycles. The molecule has 0 aliphatic carbocycles. The lowest BCUT2D eigenvalue weighted by atomic mass is 9.99. The first-order valence-electron chi connectivity index (χ1n) is 9.51. The zero-order chi connectivity index (χ0) is 20.0. The molecule has 3 aromatic heterocycles. The van der Waals surface area contributed by atoms with Crippen LogP contribution in [0, 0.1) is 18.3 Å². The first-order chi connectivity index (χ1) is 14.1. The molecule has 1 fully saturated rings. The predicted molar refractivity (Wildman–Crippen MR) is 110 cm³/mol. The lowest BCUT2D eigenvalue weighted by Crippen LogP contribution is -2.46. The molecule has 1 aromatic carbocycles. The van der Waals surface area contributed by atoms with Crippen LogP contribution in [0.5, 0.6) is 0 Å². The van der Waals surface area contributed by atoms with Gasteiger partial charge < -0.3 is 9.47 Å². The quantitative estimate of drug-likeness (QED) is 0.542. The van der Waals surface area contributed by atoms with Crippen LogP contribution in [-0.4, -0.2) is 37.6 Å². The molecule has 29 heavy (non-hydrogen) atoms. The van der Waals surface area contributed by atoms with Crippen LogP contribution in [-0.2, 0) is 7.05 Å².